The van der Waals surface area contributed by atoms with Crippen LogP contribution in [0.4, 0.5) is 0 Å². The van der Waals surface area contributed by atoms with Gasteiger partial charge in [-0.2, -0.15) is 0 Å². The zero-order valence-electron chi connectivity index (χ0n) is 22.2. The van der Waals surface area contributed by atoms with E-state index >= 15 is 0 Å². The standard InChI is InChI=1S/C29H31Cl2N3O6/c1-2-39-28(38)29-9-3-6-24(29)34(18-19-7-8-21(30)16-22(19)31)26(36)20(17-29)15-25(35)32-10-12-33(13-11-32)27(37)23-5-4-14-40-23/h4-8,14,16,20H,2-3,9-13,15,17-18H2,1H3/t20-,29+/m1/s1. The zero-order valence-corrected chi connectivity index (χ0v) is 23.7. The van der Waals surface area contributed by atoms with Crippen LogP contribution in [0.15, 0.2) is 52.8 Å². The number of nitrogens with zero attached hydrogens (tertiary/aromatic N) is 3. The number of fused-ring (bicyclic) bond motifs is 1. The first-order chi connectivity index (χ1) is 19.2. The minimum absolute atomic E-state index is 0.0375. The van der Waals surface area contributed by atoms with E-state index in [0.29, 0.717) is 60.3 Å². The molecule has 1 aromatic heterocycles. The molecule has 1 aliphatic carbocycles. The quantitative estimate of drug-likeness (QED) is 0.441. The van der Waals surface area contributed by atoms with Crippen LogP contribution in [0.25, 0.3) is 0 Å². The first kappa shape index (κ1) is 28.2. The summed E-state index contributed by atoms with van der Waals surface area (Å²) < 4.78 is 10.7. The van der Waals surface area contributed by atoms with Crippen LogP contribution in [-0.4, -0.2) is 71.2 Å². The molecule has 3 amide bonds. The van der Waals surface area contributed by atoms with Gasteiger partial charge in [0.1, 0.15) is 5.41 Å². The van der Waals surface area contributed by atoms with E-state index in [-0.39, 0.29) is 55.4 Å². The Morgan fingerprint density at radius 2 is 1.85 bits per heavy atom. The van der Waals surface area contributed by atoms with Gasteiger partial charge in [0.15, 0.2) is 5.76 Å². The number of likely N-dealkylation sites (tertiary alicyclic amines) is 1. The molecule has 3 aliphatic rings. The van der Waals surface area contributed by atoms with Crippen molar-refractivity contribution in [2.45, 2.75) is 39.2 Å². The van der Waals surface area contributed by atoms with Crippen molar-refractivity contribution in [3.63, 3.8) is 0 Å². The number of benzene rings is 1. The van der Waals surface area contributed by atoms with Crippen LogP contribution >= 0.6 is 23.2 Å². The normalized spacial score (nSPS) is 22.7. The van der Waals surface area contributed by atoms with Gasteiger partial charge in [0.05, 0.1) is 19.4 Å². The summed E-state index contributed by atoms with van der Waals surface area (Å²) in [6, 6.07) is 8.36. The van der Waals surface area contributed by atoms with Gasteiger partial charge in [-0.1, -0.05) is 35.3 Å². The topological polar surface area (TPSA) is 100 Å². The Morgan fingerprint density at radius 1 is 1.10 bits per heavy atom. The van der Waals surface area contributed by atoms with Gasteiger partial charge in [-0.25, -0.2) is 0 Å². The lowest BCUT2D eigenvalue weighted by Crippen LogP contribution is -2.54. The van der Waals surface area contributed by atoms with E-state index in [4.69, 9.17) is 32.4 Å². The number of hydrogen-bond donors (Lipinski definition) is 0. The van der Waals surface area contributed by atoms with Crippen molar-refractivity contribution in [2.75, 3.05) is 32.8 Å². The average Bonchev–Trinajstić information content (AvgIpc) is 3.63. The van der Waals surface area contributed by atoms with E-state index in [1.54, 1.807) is 52.0 Å². The highest BCUT2D eigenvalue weighted by atomic mass is 35.5. The molecule has 2 saturated heterocycles. The highest BCUT2D eigenvalue weighted by molar-refractivity contribution is 6.35. The fourth-order valence-electron chi connectivity index (χ4n) is 5.96. The smallest absolute Gasteiger partial charge is 0.318 e. The van der Waals surface area contributed by atoms with Gasteiger partial charge in [0, 0.05) is 54.3 Å². The second-order valence-electron chi connectivity index (χ2n) is 10.3. The van der Waals surface area contributed by atoms with Gasteiger partial charge in [0.25, 0.3) is 5.91 Å². The number of rotatable bonds is 7. The molecular formula is C29H31Cl2N3O6. The van der Waals surface area contributed by atoms with E-state index in [9.17, 15) is 19.2 Å². The molecule has 5 rings (SSSR count). The third kappa shape index (κ3) is 5.37. The predicted octanol–water partition coefficient (Wildman–Crippen LogP) is 4.54. The molecule has 3 heterocycles. The largest absolute Gasteiger partial charge is 0.465 e. The molecule has 0 bridgehead atoms. The minimum atomic E-state index is -0.998. The van der Waals surface area contributed by atoms with Crippen molar-refractivity contribution in [1.29, 1.82) is 0 Å². The number of halogens is 2. The first-order valence-electron chi connectivity index (χ1n) is 13.5. The number of carbonyl (C=O) groups excluding carboxylic acids is 4. The highest BCUT2D eigenvalue weighted by Gasteiger charge is 2.55. The Kier molecular flexibility index (Phi) is 8.24. The van der Waals surface area contributed by atoms with Crippen molar-refractivity contribution in [3.05, 3.63) is 69.7 Å². The molecule has 2 fully saturated rings. The van der Waals surface area contributed by atoms with Gasteiger partial charge < -0.3 is 23.9 Å². The first-order valence-corrected chi connectivity index (χ1v) is 14.2. The zero-order chi connectivity index (χ0) is 28.4. The summed E-state index contributed by atoms with van der Waals surface area (Å²) in [7, 11) is 0. The molecular weight excluding hydrogens is 557 g/mol. The fourth-order valence-corrected chi connectivity index (χ4v) is 6.43. The number of esters is 1. The third-order valence-electron chi connectivity index (χ3n) is 7.98. The number of piperazine rings is 1. The second kappa shape index (κ2) is 11.7. The van der Waals surface area contributed by atoms with Gasteiger partial charge >= 0.3 is 5.97 Å². The molecule has 1 aromatic carbocycles. The molecule has 0 unspecified atom stereocenters. The summed E-state index contributed by atoms with van der Waals surface area (Å²) >= 11 is 12.5. The summed E-state index contributed by atoms with van der Waals surface area (Å²) in [6.07, 6.45) is 4.68. The van der Waals surface area contributed by atoms with Crippen molar-refractivity contribution in [2.24, 2.45) is 11.3 Å². The summed E-state index contributed by atoms with van der Waals surface area (Å²) in [5.74, 6) is -1.44. The second-order valence-corrected chi connectivity index (χ2v) is 11.2. The van der Waals surface area contributed by atoms with E-state index in [2.05, 4.69) is 0 Å². The molecule has 0 spiro atoms. The number of furan rings is 1. The van der Waals surface area contributed by atoms with Crippen LogP contribution < -0.4 is 0 Å². The van der Waals surface area contributed by atoms with Crippen LogP contribution in [0.2, 0.25) is 10.0 Å². The summed E-state index contributed by atoms with van der Waals surface area (Å²) in [6.45, 7) is 3.56. The maximum Gasteiger partial charge on any atom is 0.318 e. The molecule has 9 nitrogen and oxygen atoms in total. The van der Waals surface area contributed by atoms with Crippen LogP contribution in [0, 0.1) is 11.3 Å². The molecule has 0 radical (unpaired) electrons. The summed E-state index contributed by atoms with van der Waals surface area (Å²) in [5, 5.41) is 0.898. The molecule has 212 valence electrons. The van der Waals surface area contributed by atoms with Gasteiger partial charge in [-0.15, -0.1) is 0 Å². The van der Waals surface area contributed by atoms with Crippen molar-refractivity contribution >= 4 is 46.9 Å². The van der Waals surface area contributed by atoms with Gasteiger partial charge in [0.2, 0.25) is 11.8 Å². The number of piperidine rings is 1. The van der Waals surface area contributed by atoms with E-state index in [1.807, 2.05) is 6.08 Å². The van der Waals surface area contributed by atoms with Crippen LogP contribution in [0.5, 0.6) is 0 Å². The Hall–Kier alpha value is -3.30. The predicted molar refractivity (Wildman–Crippen MR) is 147 cm³/mol. The lowest BCUT2D eigenvalue weighted by Gasteiger charge is -2.44. The van der Waals surface area contributed by atoms with E-state index < -0.39 is 11.3 Å². The van der Waals surface area contributed by atoms with Crippen LogP contribution in [0.1, 0.15) is 48.7 Å². The molecule has 0 saturated carbocycles. The maximum atomic E-state index is 13.9. The van der Waals surface area contributed by atoms with E-state index in [0.717, 1.165) is 0 Å². The van der Waals surface area contributed by atoms with Crippen LogP contribution in [0.3, 0.4) is 0 Å². The molecule has 40 heavy (non-hydrogen) atoms. The number of amides is 3. The fraction of sp³-hybridized carbons (Fsp3) is 0.448. The number of hydrogen-bond acceptors (Lipinski definition) is 6. The van der Waals surface area contributed by atoms with Crippen LogP contribution in [-0.2, 0) is 25.7 Å². The Morgan fingerprint density at radius 3 is 2.52 bits per heavy atom. The Balaban J connectivity index is 1.33. The minimum Gasteiger partial charge on any atom is -0.465 e. The average molecular weight is 588 g/mol. The lowest BCUT2D eigenvalue weighted by atomic mass is 9.71. The number of ether oxygens (including phenoxy) is 1. The van der Waals surface area contributed by atoms with E-state index in [1.165, 1.54) is 6.26 Å². The lowest BCUT2D eigenvalue weighted by molar-refractivity contribution is -0.161. The van der Waals surface area contributed by atoms with Crippen molar-refractivity contribution in [1.82, 2.24) is 14.7 Å². The highest BCUT2D eigenvalue weighted by Crippen LogP contribution is 2.52. The molecule has 2 atom stereocenters. The molecule has 11 heteroatoms. The SMILES string of the molecule is CCOC(=O)[C@]12CCC=C1N(Cc1ccc(Cl)cc1Cl)C(=O)[C@H](CC(=O)N1CCN(C(=O)c3ccco3)CC1)C2. The maximum absolute atomic E-state index is 13.9. The van der Waals surface area contributed by atoms with Gasteiger partial charge in [-0.3, -0.25) is 19.2 Å². The molecule has 2 aliphatic heterocycles. The monoisotopic (exact) mass is 587 g/mol. The number of carbonyl (C=O) groups is 4. The summed E-state index contributed by atoms with van der Waals surface area (Å²) in [5.41, 5.74) is 0.312. The van der Waals surface area contributed by atoms with Gasteiger partial charge in [-0.05, 0) is 56.0 Å². The van der Waals surface area contributed by atoms with Crippen molar-refractivity contribution < 1.29 is 28.3 Å². The number of allylic oxidation sites excluding steroid dienone is 1. The molecule has 2 aromatic rings. The Bertz CT molecular complexity index is 1340. The Labute approximate surface area is 242 Å². The third-order valence-corrected chi connectivity index (χ3v) is 8.57. The summed E-state index contributed by atoms with van der Waals surface area (Å²) in [4.78, 5) is 58.2. The van der Waals surface area contributed by atoms with Crippen molar-refractivity contribution in [3.8, 4) is 0 Å². The molecule has 0 N–H and O–H groups in total.